The summed E-state index contributed by atoms with van der Waals surface area (Å²) in [5.41, 5.74) is 2.25. The molecule has 0 saturated carbocycles. The Labute approximate surface area is 126 Å². The van der Waals surface area contributed by atoms with Crippen LogP contribution in [0.4, 0.5) is 0 Å². The van der Waals surface area contributed by atoms with E-state index in [0.717, 1.165) is 43.8 Å². The molecule has 0 spiro atoms. The van der Waals surface area contributed by atoms with Crippen molar-refractivity contribution in [1.29, 1.82) is 0 Å². The molecule has 0 bridgehead atoms. The summed E-state index contributed by atoms with van der Waals surface area (Å²) in [5.74, 6) is 1.50. The van der Waals surface area contributed by atoms with Crippen molar-refractivity contribution in [2.75, 3.05) is 13.1 Å². The summed E-state index contributed by atoms with van der Waals surface area (Å²) in [6.07, 6.45) is 4.52. The van der Waals surface area contributed by atoms with Crippen molar-refractivity contribution in [1.82, 2.24) is 15.5 Å². The van der Waals surface area contributed by atoms with Gasteiger partial charge < -0.3 is 9.84 Å². The first-order valence-corrected chi connectivity index (χ1v) is 7.85. The van der Waals surface area contributed by atoms with Crippen LogP contribution in [0.3, 0.4) is 0 Å². The van der Waals surface area contributed by atoms with Gasteiger partial charge in [0.2, 0.25) is 11.7 Å². The van der Waals surface area contributed by atoms with Gasteiger partial charge in [-0.3, -0.25) is 0 Å². The van der Waals surface area contributed by atoms with Crippen LogP contribution in [0.15, 0.2) is 28.8 Å². The van der Waals surface area contributed by atoms with Gasteiger partial charge in [-0.2, -0.15) is 4.98 Å². The van der Waals surface area contributed by atoms with Crippen LogP contribution in [0.1, 0.15) is 44.1 Å². The third-order valence-electron chi connectivity index (χ3n) is 4.36. The first-order chi connectivity index (χ1) is 10.2. The van der Waals surface area contributed by atoms with Gasteiger partial charge in [-0.1, -0.05) is 42.3 Å². The molecule has 1 unspecified atom stereocenters. The van der Waals surface area contributed by atoms with E-state index in [1.165, 1.54) is 12.0 Å². The highest BCUT2D eigenvalue weighted by atomic mass is 16.5. The van der Waals surface area contributed by atoms with Gasteiger partial charge in [0, 0.05) is 12.1 Å². The summed E-state index contributed by atoms with van der Waals surface area (Å²) in [4.78, 5) is 4.72. The number of hydrogen-bond donors (Lipinski definition) is 1. The van der Waals surface area contributed by atoms with Crippen molar-refractivity contribution in [3.63, 3.8) is 0 Å². The topological polar surface area (TPSA) is 51.0 Å². The van der Waals surface area contributed by atoms with Crippen LogP contribution in [-0.4, -0.2) is 23.2 Å². The van der Waals surface area contributed by atoms with E-state index in [1.807, 2.05) is 12.1 Å². The highest BCUT2D eigenvalue weighted by Gasteiger charge is 2.38. The molecule has 0 radical (unpaired) electrons. The molecule has 3 rings (SSSR count). The van der Waals surface area contributed by atoms with Gasteiger partial charge in [-0.25, -0.2) is 0 Å². The second-order valence-corrected chi connectivity index (χ2v) is 6.10. The monoisotopic (exact) mass is 285 g/mol. The number of hydrogen-bond acceptors (Lipinski definition) is 4. The van der Waals surface area contributed by atoms with E-state index in [0.29, 0.717) is 5.82 Å². The number of benzene rings is 1. The summed E-state index contributed by atoms with van der Waals surface area (Å²) in [6, 6.07) is 8.24. The Bertz CT molecular complexity index is 594. The second-order valence-electron chi connectivity index (χ2n) is 6.10. The minimum absolute atomic E-state index is 0.0159. The van der Waals surface area contributed by atoms with E-state index >= 15 is 0 Å². The van der Waals surface area contributed by atoms with Gasteiger partial charge in [0.15, 0.2) is 0 Å². The Kier molecular flexibility index (Phi) is 4.06. The lowest BCUT2D eigenvalue weighted by Crippen LogP contribution is -2.43. The Morgan fingerprint density at radius 1 is 1.38 bits per heavy atom. The molecule has 1 aromatic heterocycles. The van der Waals surface area contributed by atoms with Crippen LogP contribution >= 0.6 is 0 Å². The zero-order valence-corrected chi connectivity index (χ0v) is 12.9. The predicted molar refractivity (Wildman–Crippen MR) is 83.2 cm³/mol. The normalized spacial score (nSPS) is 22.4. The molecule has 2 heterocycles. The maximum absolute atomic E-state index is 5.65. The van der Waals surface area contributed by atoms with Crippen molar-refractivity contribution >= 4 is 0 Å². The highest BCUT2D eigenvalue weighted by Crippen LogP contribution is 2.35. The number of aryl methyl sites for hydroxylation is 1. The number of nitrogens with zero attached hydrogens (tertiary/aromatic N) is 2. The van der Waals surface area contributed by atoms with Gasteiger partial charge in [-0.15, -0.1) is 0 Å². The number of rotatable bonds is 4. The van der Waals surface area contributed by atoms with E-state index < -0.39 is 0 Å². The Balaban J connectivity index is 1.92. The molecular weight excluding hydrogens is 262 g/mol. The Morgan fingerprint density at radius 2 is 2.29 bits per heavy atom. The highest BCUT2D eigenvalue weighted by molar-refractivity contribution is 5.55. The largest absolute Gasteiger partial charge is 0.338 e. The maximum atomic E-state index is 5.65. The molecule has 21 heavy (non-hydrogen) atoms. The standard InChI is InChI=1S/C17H23N3O/c1-3-8-17(9-5-10-18-12-17)16-19-15(20-21-16)14-7-4-6-13(2)11-14/h4,6-7,11,18H,3,5,8-10,12H2,1-2H3. The fourth-order valence-electron chi connectivity index (χ4n) is 3.29. The summed E-state index contributed by atoms with van der Waals surface area (Å²) in [6.45, 7) is 6.32. The number of aromatic nitrogens is 2. The summed E-state index contributed by atoms with van der Waals surface area (Å²) in [5, 5.41) is 7.71. The molecule has 1 N–H and O–H groups in total. The zero-order chi connectivity index (χ0) is 14.7. The smallest absolute Gasteiger partial charge is 0.234 e. The fourth-order valence-corrected chi connectivity index (χ4v) is 3.29. The third kappa shape index (κ3) is 2.86. The van der Waals surface area contributed by atoms with Crippen molar-refractivity contribution in [2.45, 2.75) is 44.9 Å². The molecule has 4 heteroatoms. The Morgan fingerprint density at radius 3 is 3.00 bits per heavy atom. The predicted octanol–water partition coefficient (Wildman–Crippen LogP) is 3.47. The molecule has 1 aliphatic rings. The number of nitrogens with one attached hydrogen (secondary N) is 1. The molecule has 1 saturated heterocycles. The lowest BCUT2D eigenvalue weighted by Gasteiger charge is -2.34. The second kappa shape index (κ2) is 5.98. The van der Waals surface area contributed by atoms with Gasteiger partial charge >= 0.3 is 0 Å². The summed E-state index contributed by atoms with van der Waals surface area (Å²) >= 11 is 0. The van der Waals surface area contributed by atoms with Crippen LogP contribution in [0.5, 0.6) is 0 Å². The average Bonchev–Trinajstić information content (AvgIpc) is 2.99. The fraction of sp³-hybridized carbons (Fsp3) is 0.529. The van der Waals surface area contributed by atoms with Crippen molar-refractivity contribution < 1.29 is 4.52 Å². The minimum atomic E-state index is 0.0159. The molecule has 1 atom stereocenters. The first-order valence-electron chi connectivity index (χ1n) is 7.85. The first kappa shape index (κ1) is 14.3. The minimum Gasteiger partial charge on any atom is -0.338 e. The van der Waals surface area contributed by atoms with Crippen LogP contribution in [0.2, 0.25) is 0 Å². The molecule has 1 fully saturated rings. The molecule has 112 valence electrons. The van der Waals surface area contributed by atoms with Crippen LogP contribution in [0, 0.1) is 6.92 Å². The molecule has 0 amide bonds. The van der Waals surface area contributed by atoms with E-state index in [4.69, 9.17) is 9.51 Å². The van der Waals surface area contributed by atoms with Gasteiger partial charge in [0.1, 0.15) is 0 Å². The lowest BCUT2D eigenvalue weighted by atomic mass is 9.77. The maximum Gasteiger partial charge on any atom is 0.234 e. The van der Waals surface area contributed by atoms with Crippen molar-refractivity contribution in [3.05, 3.63) is 35.7 Å². The third-order valence-corrected chi connectivity index (χ3v) is 4.36. The molecule has 0 aliphatic carbocycles. The van der Waals surface area contributed by atoms with Crippen molar-refractivity contribution in [3.8, 4) is 11.4 Å². The van der Waals surface area contributed by atoms with E-state index in [-0.39, 0.29) is 5.41 Å². The van der Waals surface area contributed by atoms with E-state index in [2.05, 4.69) is 36.5 Å². The van der Waals surface area contributed by atoms with Crippen LogP contribution < -0.4 is 5.32 Å². The molecule has 4 nitrogen and oxygen atoms in total. The summed E-state index contributed by atoms with van der Waals surface area (Å²) in [7, 11) is 0. The van der Waals surface area contributed by atoms with Gasteiger partial charge in [0.25, 0.3) is 0 Å². The van der Waals surface area contributed by atoms with Gasteiger partial charge in [0.05, 0.1) is 5.41 Å². The molecular formula is C17H23N3O. The lowest BCUT2D eigenvalue weighted by molar-refractivity contribution is 0.213. The van der Waals surface area contributed by atoms with Crippen LogP contribution in [-0.2, 0) is 5.41 Å². The van der Waals surface area contributed by atoms with Gasteiger partial charge in [-0.05, 0) is 38.8 Å². The summed E-state index contributed by atoms with van der Waals surface area (Å²) < 4.78 is 5.65. The molecule has 1 aliphatic heterocycles. The Hall–Kier alpha value is -1.68. The molecule has 1 aromatic carbocycles. The van der Waals surface area contributed by atoms with Crippen molar-refractivity contribution in [2.24, 2.45) is 0 Å². The van der Waals surface area contributed by atoms with Crippen LogP contribution in [0.25, 0.3) is 11.4 Å². The SMILES string of the molecule is CCCC1(c2nc(-c3cccc(C)c3)no2)CCCNC1. The van der Waals surface area contributed by atoms with E-state index in [9.17, 15) is 0 Å². The van der Waals surface area contributed by atoms with E-state index in [1.54, 1.807) is 0 Å². The quantitative estimate of drug-likeness (QED) is 0.934. The zero-order valence-electron chi connectivity index (χ0n) is 12.9. The number of piperidine rings is 1. The average molecular weight is 285 g/mol. The molecule has 2 aromatic rings.